The van der Waals surface area contributed by atoms with E-state index in [1.165, 1.54) is 10.3 Å². The second-order valence-corrected chi connectivity index (χ2v) is 6.41. The van der Waals surface area contributed by atoms with E-state index in [1.807, 2.05) is 42.5 Å². The molecule has 0 radical (unpaired) electrons. The van der Waals surface area contributed by atoms with E-state index in [9.17, 15) is 0 Å². The topological polar surface area (TPSA) is 41.4 Å². The number of hydrazone groups is 1. The molecule has 3 aromatic rings. The lowest BCUT2D eigenvalue weighted by Crippen LogP contribution is -2.19. The molecule has 0 unspecified atom stereocenters. The molecule has 1 aliphatic rings. The lowest BCUT2D eigenvalue weighted by Gasteiger charge is -2.18. The van der Waals surface area contributed by atoms with Gasteiger partial charge in [0.1, 0.15) is 0 Å². The fourth-order valence-corrected chi connectivity index (χ4v) is 3.66. The lowest BCUT2D eigenvalue weighted by molar-refractivity contribution is 0.817. The van der Waals surface area contributed by atoms with Crippen molar-refractivity contribution >= 4 is 32.4 Å². The average molecular weight is 308 g/mol. The maximum absolute atomic E-state index is 4.78. The minimum absolute atomic E-state index is 0.914. The van der Waals surface area contributed by atoms with Crippen molar-refractivity contribution in [1.29, 1.82) is 0 Å². The number of fused-ring (bicyclic) bond motifs is 2. The van der Waals surface area contributed by atoms with Gasteiger partial charge in [-0.15, -0.1) is 0 Å². The molecule has 4 rings (SSSR count). The zero-order chi connectivity index (χ0) is 14.9. The van der Waals surface area contributed by atoms with Crippen LogP contribution < -0.4 is 5.01 Å². The quantitative estimate of drug-likeness (QED) is 0.675. The summed E-state index contributed by atoms with van der Waals surface area (Å²) in [5.74, 6) is 0. The zero-order valence-corrected chi connectivity index (χ0v) is 13.2. The number of aromatic nitrogens is 2. The summed E-state index contributed by atoms with van der Waals surface area (Å²) in [6.45, 7) is 0. The molecule has 0 spiro atoms. The molecule has 22 heavy (non-hydrogen) atoms. The van der Waals surface area contributed by atoms with Crippen molar-refractivity contribution in [2.24, 2.45) is 5.10 Å². The van der Waals surface area contributed by atoms with Crippen LogP contribution in [-0.4, -0.2) is 22.7 Å². The molecule has 0 aliphatic heterocycles. The smallest absolute Gasteiger partial charge is 0.206 e. The standard InChI is InChI=1S/C17H16N4S/c1-21(17-19-13-8-2-3-10-15(13)22-17)20-14-9-4-6-12-7-5-11-18-16(12)14/h2-3,5,7-8,10-11H,4,6,9H2,1H3/b20-14+. The molecular weight excluding hydrogens is 292 g/mol. The van der Waals surface area contributed by atoms with Crippen LogP contribution in [0.4, 0.5) is 5.13 Å². The van der Waals surface area contributed by atoms with Crippen LogP contribution in [0.1, 0.15) is 24.1 Å². The van der Waals surface area contributed by atoms with Crippen LogP contribution in [-0.2, 0) is 6.42 Å². The summed E-state index contributed by atoms with van der Waals surface area (Å²) in [4.78, 5) is 9.17. The van der Waals surface area contributed by atoms with E-state index in [1.54, 1.807) is 11.3 Å². The maximum Gasteiger partial charge on any atom is 0.206 e. The van der Waals surface area contributed by atoms with Crippen LogP contribution >= 0.6 is 11.3 Å². The summed E-state index contributed by atoms with van der Waals surface area (Å²) in [6, 6.07) is 12.3. The minimum Gasteiger partial charge on any atom is -0.255 e. The normalized spacial score (nSPS) is 16.0. The highest BCUT2D eigenvalue weighted by Gasteiger charge is 2.18. The monoisotopic (exact) mass is 308 g/mol. The van der Waals surface area contributed by atoms with Gasteiger partial charge in [0.2, 0.25) is 5.13 Å². The first kappa shape index (κ1) is 13.4. The first-order chi connectivity index (χ1) is 10.8. The third-order valence-corrected chi connectivity index (χ3v) is 4.96. The second-order valence-electron chi connectivity index (χ2n) is 5.40. The fourth-order valence-electron chi connectivity index (χ4n) is 2.78. The number of thiazole rings is 1. The van der Waals surface area contributed by atoms with Gasteiger partial charge in [-0.25, -0.2) is 9.99 Å². The Kier molecular flexibility index (Phi) is 3.35. The maximum atomic E-state index is 4.78. The van der Waals surface area contributed by atoms with E-state index < -0.39 is 0 Å². The van der Waals surface area contributed by atoms with Gasteiger partial charge in [-0.3, -0.25) is 4.98 Å². The van der Waals surface area contributed by atoms with E-state index in [4.69, 9.17) is 5.10 Å². The molecule has 0 saturated carbocycles. The SMILES string of the molecule is CN(/N=C1\CCCc2cccnc21)c1nc2ccccc2s1. The third-order valence-electron chi connectivity index (χ3n) is 3.85. The van der Waals surface area contributed by atoms with E-state index in [0.29, 0.717) is 0 Å². The number of hydrogen-bond donors (Lipinski definition) is 0. The molecule has 5 heteroatoms. The van der Waals surface area contributed by atoms with Gasteiger partial charge in [0.05, 0.1) is 21.6 Å². The van der Waals surface area contributed by atoms with Crippen LogP contribution in [0.3, 0.4) is 0 Å². The molecule has 0 amide bonds. The van der Waals surface area contributed by atoms with Gasteiger partial charge in [0.25, 0.3) is 0 Å². The molecule has 4 nitrogen and oxygen atoms in total. The number of pyridine rings is 1. The van der Waals surface area contributed by atoms with E-state index >= 15 is 0 Å². The first-order valence-corrected chi connectivity index (χ1v) is 8.24. The Balaban J connectivity index is 1.70. The van der Waals surface area contributed by atoms with Gasteiger partial charge in [0.15, 0.2) is 0 Å². The number of anilines is 1. The third kappa shape index (κ3) is 2.37. The van der Waals surface area contributed by atoms with Crippen molar-refractivity contribution in [3.8, 4) is 0 Å². The Morgan fingerprint density at radius 3 is 2.95 bits per heavy atom. The minimum atomic E-state index is 0.914. The van der Waals surface area contributed by atoms with Gasteiger partial charge in [-0.2, -0.15) is 5.10 Å². The number of benzene rings is 1. The van der Waals surface area contributed by atoms with Crippen LogP contribution in [0.25, 0.3) is 10.2 Å². The summed E-state index contributed by atoms with van der Waals surface area (Å²) in [7, 11) is 1.96. The van der Waals surface area contributed by atoms with E-state index in [-0.39, 0.29) is 0 Å². The Bertz CT molecular complexity index is 819. The van der Waals surface area contributed by atoms with Crippen molar-refractivity contribution in [1.82, 2.24) is 9.97 Å². The zero-order valence-electron chi connectivity index (χ0n) is 12.4. The van der Waals surface area contributed by atoms with Crippen LogP contribution in [0.2, 0.25) is 0 Å². The van der Waals surface area contributed by atoms with E-state index in [2.05, 4.69) is 22.1 Å². The average Bonchev–Trinajstić information content (AvgIpc) is 2.99. The molecule has 2 heterocycles. The summed E-state index contributed by atoms with van der Waals surface area (Å²) < 4.78 is 1.19. The summed E-state index contributed by atoms with van der Waals surface area (Å²) in [5.41, 5.74) is 4.42. The molecule has 1 aromatic carbocycles. The van der Waals surface area contributed by atoms with Gasteiger partial charge >= 0.3 is 0 Å². The fraction of sp³-hybridized carbons (Fsp3) is 0.235. The van der Waals surface area contributed by atoms with Gasteiger partial charge in [-0.1, -0.05) is 29.5 Å². The first-order valence-electron chi connectivity index (χ1n) is 7.42. The number of para-hydroxylation sites is 1. The predicted octanol–water partition coefficient (Wildman–Crippen LogP) is 3.87. The molecule has 0 bridgehead atoms. The van der Waals surface area contributed by atoms with E-state index in [0.717, 1.165) is 41.3 Å². The number of nitrogens with zero attached hydrogens (tertiary/aromatic N) is 4. The molecule has 0 fully saturated rings. The van der Waals surface area contributed by atoms with Crippen LogP contribution in [0.15, 0.2) is 47.7 Å². The Labute approximate surface area is 133 Å². The Morgan fingerprint density at radius 2 is 2.05 bits per heavy atom. The predicted molar refractivity (Wildman–Crippen MR) is 91.7 cm³/mol. The number of rotatable bonds is 2. The molecule has 0 N–H and O–H groups in total. The molecule has 2 aromatic heterocycles. The Hall–Kier alpha value is -2.27. The van der Waals surface area contributed by atoms with Crippen molar-refractivity contribution in [2.45, 2.75) is 19.3 Å². The van der Waals surface area contributed by atoms with Gasteiger partial charge < -0.3 is 0 Å². The number of aryl methyl sites for hydroxylation is 1. The molecular formula is C17H16N4S. The van der Waals surface area contributed by atoms with Crippen molar-refractivity contribution in [3.63, 3.8) is 0 Å². The van der Waals surface area contributed by atoms with Gasteiger partial charge in [-0.05, 0) is 43.0 Å². The number of hydrogen-bond acceptors (Lipinski definition) is 5. The largest absolute Gasteiger partial charge is 0.255 e. The molecule has 0 atom stereocenters. The molecule has 1 aliphatic carbocycles. The molecule has 0 saturated heterocycles. The van der Waals surface area contributed by atoms with Crippen molar-refractivity contribution in [3.05, 3.63) is 53.9 Å². The highest BCUT2D eigenvalue weighted by atomic mass is 32.1. The van der Waals surface area contributed by atoms with Crippen LogP contribution in [0.5, 0.6) is 0 Å². The van der Waals surface area contributed by atoms with Crippen molar-refractivity contribution in [2.75, 3.05) is 12.1 Å². The summed E-state index contributed by atoms with van der Waals surface area (Å²) in [6.07, 6.45) is 5.04. The summed E-state index contributed by atoms with van der Waals surface area (Å²) in [5, 5.41) is 7.57. The second kappa shape index (κ2) is 5.50. The highest BCUT2D eigenvalue weighted by molar-refractivity contribution is 7.22. The lowest BCUT2D eigenvalue weighted by atomic mass is 9.94. The summed E-state index contributed by atoms with van der Waals surface area (Å²) >= 11 is 1.66. The Morgan fingerprint density at radius 1 is 1.14 bits per heavy atom. The van der Waals surface area contributed by atoms with Gasteiger partial charge in [0, 0.05) is 13.2 Å². The van der Waals surface area contributed by atoms with Crippen molar-refractivity contribution < 1.29 is 0 Å². The molecule has 110 valence electrons. The van der Waals surface area contributed by atoms with Crippen LogP contribution in [0, 0.1) is 0 Å². The highest BCUT2D eigenvalue weighted by Crippen LogP contribution is 2.28.